The van der Waals surface area contributed by atoms with E-state index in [2.05, 4.69) is 19.2 Å². The normalized spacial score (nSPS) is 23.4. The number of hydrogen-bond acceptors (Lipinski definition) is 5. The molecule has 1 aliphatic heterocycles. The van der Waals surface area contributed by atoms with Crippen LogP contribution in [0, 0.1) is 5.41 Å². The Hall–Kier alpha value is -1.82. The number of nitrogen functional groups attached to an aromatic ring is 1. The van der Waals surface area contributed by atoms with Crippen molar-refractivity contribution in [1.29, 1.82) is 0 Å². The Morgan fingerprint density at radius 2 is 2.05 bits per heavy atom. The highest BCUT2D eigenvalue weighted by Crippen LogP contribution is 2.51. The predicted octanol–water partition coefficient (Wildman–Crippen LogP) is 2.60. The molecule has 1 atom stereocenters. The quantitative estimate of drug-likeness (QED) is 0.742. The number of nitrogens with one attached hydrogen (secondary N) is 1. The number of carbonyl (C=O) groups is 2. The smallest absolute Gasteiger partial charge is 0.260 e. The average Bonchev–Trinajstić information content (AvgIpc) is 2.64. The molecule has 5 N–H and O–H groups in total. The minimum atomic E-state index is -0.523. The molecule has 5 nitrogen and oxygen atoms in total. The fourth-order valence-corrected chi connectivity index (χ4v) is 4.49. The van der Waals surface area contributed by atoms with E-state index in [-0.39, 0.29) is 17.1 Å². The van der Waals surface area contributed by atoms with Crippen LogP contribution in [0.1, 0.15) is 54.8 Å². The molecule has 2 aliphatic rings. The maximum Gasteiger partial charge on any atom is 0.260 e. The maximum atomic E-state index is 12.5. The van der Waals surface area contributed by atoms with Gasteiger partial charge in [-0.25, -0.2) is 0 Å². The number of nitrogens with two attached hydrogens (primary N) is 2. The number of carbonyl (C=O) groups excluding carboxylic acids is 2. The highest BCUT2D eigenvalue weighted by atomic mass is 32.1. The number of allylic oxidation sites excluding steroid dienone is 2. The molecule has 0 saturated carbocycles. The van der Waals surface area contributed by atoms with E-state index in [4.69, 9.17) is 11.5 Å². The third-order valence-corrected chi connectivity index (χ3v) is 5.41. The molecule has 3 rings (SSSR count). The van der Waals surface area contributed by atoms with Crippen molar-refractivity contribution in [2.24, 2.45) is 11.1 Å². The van der Waals surface area contributed by atoms with Crippen LogP contribution in [0.5, 0.6) is 0 Å². The van der Waals surface area contributed by atoms with Crippen LogP contribution in [-0.4, -0.2) is 11.7 Å². The van der Waals surface area contributed by atoms with Gasteiger partial charge in [0.1, 0.15) is 4.88 Å². The summed E-state index contributed by atoms with van der Waals surface area (Å²) in [5.41, 5.74) is 14.4. The van der Waals surface area contributed by atoms with Gasteiger partial charge < -0.3 is 16.8 Å². The zero-order valence-electron chi connectivity index (χ0n) is 12.4. The molecule has 1 amide bonds. The summed E-state index contributed by atoms with van der Waals surface area (Å²) in [5, 5.41) is 4.17. The van der Waals surface area contributed by atoms with Crippen LogP contribution in [0.4, 0.5) is 10.7 Å². The van der Waals surface area contributed by atoms with Gasteiger partial charge in [-0.05, 0) is 11.8 Å². The molecule has 0 radical (unpaired) electrons. The van der Waals surface area contributed by atoms with Gasteiger partial charge in [0.15, 0.2) is 5.78 Å². The zero-order chi connectivity index (χ0) is 15.5. The lowest BCUT2D eigenvalue weighted by Crippen LogP contribution is -2.32. The minimum absolute atomic E-state index is 0.0462. The average molecular weight is 305 g/mol. The number of primary amides is 1. The largest absolute Gasteiger partial charge is 0.397 e. The van der Waals surface area contributed by atoms with E-state index < -0.39 is 5.91 Å². The lowest BCUT2D eigenvalue weighted by Gasteiger charge is -2.37. The van der Waals surface area contributed by atoms with Gasteiger partial charge in [-0.1, -0.05) is 20.8 Å². The molecule has 1 aliphatic carbocycles. The van der Waals surface area contributed by atoms with E-state index in [1.807, 2.05) is 6.92 Å². The number of fused-ring (bicyclic) bond motifs is 1. The van der Waals surface area contributed by atoms with Gasteiger partial charge in [-0.3, -0.25) is 9.59 Å². The predicted molar refractivity (Wildman–Crippen MR) is 84.3 cm³/mol. The molecular weight excluding hydrogens is 286 g/mol. The second-order valence-electron chi connectivity index (χ2n) is 6.63. The van der Waals surface area contributed by atoms with Crippen molar-refractivity contribution in [1.82, 2.24) is 0 Å². The zero-order valence-corrected chi connectivity index (χ0v) is 13.2. The fraction of sp³-hybridized carbons (Fsp3) is 0.467. The Morgan fingerprint density at radius 1 is 1.38 bits per heavy atom. The first kappa shape index (κ1) is 14.1. The van der Waals surface area contributed by atoms with Crippen LogP contribution in [0.15, 0.2) is 11.3 Å². The van der Waals surface area contributed by atoms with Crippen molar-refractivity contribution >= 4 is 33.7 Å². The molecule has 0 bridgehead atoms. The summed E-state index contributed by atoms with van der Waals surface area (Å²) in [7, 11) is 0. The molecular formula is C15H19N3O2S. The molecule has 2 heterocycles. The first-order valence-electron chi connectivity index (χ1n) is 6.96. The summed E-state index contributed by atoms with van der Waals surface area (Å²) in [4.78, 5) is 24.3. The van der Waals surface area contributed by atoms with E-state index >= 15 is 0 Å². The standard InChI is InChI=1S/C15H19N3O2S/c1-6-9-7(4-15(2,3)5-8(9)19)18-14-10(6)11(16)12(21-14)13(17)20/h6,18H,4-5,16H2,1-3H3,(H2,17,20)/t6-/m0/s1. The van der Waals surface area contributed by atoms with E-state index in [1.165, 1.54) is 11.3 Å². The molecule has 0 unspecified atom stereocenters. The number of thiophene rings is 1. The molecule has 0 saturated heterocycles. The maximum absolute atomic E-state index is 12.5. The van der Waals surface area contributed by atoms with Crippen molar-refractivity contribution in [2.75, 3.05) is 11.1 Å². The van der Waals surface area contributed by atoms with Crippen LogP contribution < -0.4 is 16.8 Å². The molecule has 0 spiro atoms. The van der Waals surface area contributed by atoms with Crippen LogP contribution in [-0.2, 0) is 4.79 Å². The number of anilines is 2. The summed E-state index contributed by atoms with van der Waals surface area (Å²) in [6.07, 6.45) is 1.36. The molecule has 0 aromatic carbocycles. The van der Waals surface area contributed by atoms with Crippen molar-refractivity contribution < 1.29 is 9.59 Å². The summed E-state index contributed by atoms with van der Waals surface area (Å²) in [6.45, 7) is 6.15. The van der Waals surface area contributed by atoms with Gasteiger partial charge in [0.05, 0.1) is 10.7 Å². The monoisotopic (exact) mass is 305 g/mol. The highest BCUT2D eigenvalue weighted by Gasteiger charge is 2.40. The van der Waals surface area contributed by atoms with Crippen LogP contribution >= 0.6 is 11.3 Å². The van der Waals surface area contributed by atoms with E-state index in [1.54, 1.807) is 0 Å². The molecule has 21 heavy (non-hydrogen) atoms. The second-order valence-corrected chi connectivity index (χ2v) is 7.65. The summed E-state index contributed by atoms with van der Waals surface area (Å²) in [5.74, 6) is -0.451. The van der Waals surface area contributed by atoms with Crippen LogP contribution in [0.25, 0.3) is 0 Å². The lowest BCUT2D eigenvalue weighted by atomic mass is 9.71. The van der Waals surface area contributed by atoms with Gasteiger partial charge in [-0.15, -0.1) is 11.3 Å². The molecule has 1 aromatic heterocycles. The van der Waals surface area contributed by atoms with Crippen LogP contribution in [0.2, 0.25) is 0 Å². The second kappa shape index (κ2) is 4.34. The summed E-state index contributed by atoms with van der Waals surface area (Å²) in [6, 6.07) is 0. The van der Waals surface area contributed by atoms with Crippen molar-refractivity contribution in [3.05, 3.63) is 21.7 Å². The Kier molecular flexibility index (Phi) is 2.92. The highest BCUT2D eigenvalue weighted by molar-refractivity contribution is 7.18. The fourth-order valence-electron chi connectivity index (χ4n) is 3.39. The molecule has 6 heteroatoms. The summed E-state index contributed by atoms with van der Waals surface area (Å²) >= 11 is 1.27. The molecule has 112 valence electrons. The third kappa shape index (κ3) is 2.05. The van der Waals surface area contributed by atoms with Gasteiger partial charge >= 0.3 is 0 Å². The lowest BCUT2D eigenvalue weighted by molar-refractivity contribution is -0.118. The van der Waals surface area contributed by atoms with Crippen molar-refractivity contribution in [3.63, 3.8) is 0 Å². The van der Waals surface area contributed by atoms with E-state index in [9.17, 15) is 9.59 Å². The van der Waals surface area contributed by atoms with Gasteiger partial charge in [0.25, 0.3) is 5.91 Å². The topological polar surface area (TPSA) is 98.2 Å². The number of Topliss-reactive ketones (excluding diaryl/α,β-unsaturated/α-hetero) is 1. The van der Waals surface area contributed by atoms with E-state index in [0.29, 0.717) is 17.0 Å². The minimum Gasteiger partial charge on any atom is -0.397 e. The Labute approximate surface area is 127 Å². The van der Waals surface area contributed by atoms with Gasteiger partial charge in [-0.2, -0.15) is 0 Å². The van der Waals surface area contributed by atoms with Crippen LogP contribution in [0.3, 0.4) is 0 Å². The Bertz CT molecular complexity index is 700. The first-order chi connectivity index (χ1) is 9.71. The van der Waals surface area contributed by atoms with Crippen molar-refractivity contribution in [3.8, 4) is 0 Å². The SMILES string of the molecule is C[C@H]1C2=C(CC(C)(C)CC2=O)Nc2sc(C(N)=O)c(N)c21. The third-order valence-electron chi connectivity index (χ3n) is 4.26. The Balaban J connectivity index is 2.12. The van der Waals surface area contributed by atoms with Gasteiger partial charge in [0, 0.05) is 29.2 Å². The molecule has 0 fully saturated rings. The van der Waals surface area contributed by atoms with Crippen molar-refractivity contribution in [2.45, 2.75) is 39.5 Å². The van der Waals surface area contributed by atoms with Gasteiger partial charge in [0.2, 0.25) is 0 Å². The number of amides is 1. The summed E-state index contributed by atoms with van der Waals surface area (Å²) < 4.78 is 0. The first-order valence-corrected chi connectivity index (χ1v) is 7.78. The number of hydrogen-bond donors (Lipinski definition) is 3. The number of rotatable bonds is 1. The Morgan fingerprint density at radius 3 is 2.67 bits per heavy atom. The van der Waals surface area contributed by atoms with E-state index in [0.717, 1.165) is 28.3 Å². The molecule has 1 aromatic rings. The number of ketones is 1.